The summed E-state index contributed by atoms with van der Waals surface area (Å²) in [4.78, 5) is 12.4. The number of nitrogen functional groups attached to an aromatic ring is 1. The molecule has 0 saturated carbocycles. The number of hydrogen-bond donors (Lipinski definition) is 3. The number of nitrogens with one attached hydrogen (secondary N) is 2. The number of nitrogens with two attached hydrogens (primary N) is 1. The van der Waals surface area contributed by atoms with Gasteiger partial charge in [0.2, 0.25) is 11.9 Å². The summed E-state index contributed by atoms with van der Waals surface area (Å²) in [7, 11) is 0. The van der Waals surface area contributed by atoms with Gasteiger partial charge in [-0.25, -0.2) is 5.84 Å². The molecule has 1 aromatic heterocycles. The highest BCUT2D eigenvalue weighted by atomic mass is 16.5. The van der Waals surface area contributed by atoms with Gasteiger partial charge >= 0.3 is 6.01 Å². The molecule has 1 aromatic rings. The molecule has 0 radical (unpaired) electrons. The second-order valence-electron chi connectivity index (χ2n) is 5.02. The lowest BCUT2D eigenvalue weighted by Crippen LogP contribution is -2.17. The first-order valence-electron chi connectivity index (χ1n) is 6.88. The van der Waals surface area contributed by atoms with Gasteiger partial charge in [0.1, 0.15) is 0 Å². The maximum atomic E-state index is 5.46. The third-order valence-electron chi connectivity index (χ3n) is 2.94. The standard InChI is InChI=1S/C12H22N6O2/c1-8(2)20-12-16-10(15-11(17-12)18-13)14-5-3-9-4-6-19-7-9/h8-9H,3-7,13H2,1-2H3,(H2,14,15,16,17,18). The molecular formula is C12H22N6O2. The van der Waals surface area contributed by atoms with E-state index < -0.39 is 0 Å². The van der Waals surface area contributed by atoms with Crippen LogP contribution in [-0.2, 0) is 4.74 Å². The highest BCUT2D eigenvalue weighted by Crippen LogP contribution is 2.17. The lowest BCUT2D eigenvalue weighted by atomic mass is 10.1. The van der Waals surface area contributed by atoms with Crippen LogP contribution in [-0.4, -0.2) is 40.8 Å². The second-order valence-corrected chi connectivity index (χ2v) is 5.02. The first-order chi connectivity index (χ1) is 9.67. The van der Waals surface area contributed by atoms with Crippen molar-refractivity contribution in [1.29, 1.82) is 0 Å². The Morgan fingerprint density at radius 2 is 2.15 bits per heavy atom. The monoisotopic (exact) mass is 282 g/mol. The van der Waals surface area contributed by atoms with Gasteiger partial charge in [-0.3, -0.25) is 5.43 Å². The average Bonchev–Trinajstić information content (AvgIpc) is 2.91. The summed E-state index contributed by atoms with van der Waals surface area (Å²) in [6.45, 7) is 6.31. The Morgan fingerprint density at radius 1 is 1.35 bits per heavy atom. The minimum atomic E-state index is -0.00786. The van der Waals surface area contributed by atoms with Crippen molar-refractivity contribution in [2.75, 3.05) is 30.5 Å². The molecule has 1 fully saturated rings. The van der Waals surface area contributed by atoms with Crippen LogP contribution in [0.3, 0.4) is 0 Å². The van der Waals surface area contributed by atoms with Crippen molar-refractivity contribution in [1.82, 2.24) is 15.0 Å². The molecule has 1 atom stereocenters. The predicted molar refractivity (Wildman–Crippen MR) is 75.4 cm³/mol. The number of aromatic nitrogens is 3. The van der Waals surface area contributed by atoms with Crippen LogP contribution < -0.4 is 21.3 Å². The fourth-order valence-electron chi connectivity index (χ4n) is 1.96. The molecule has 1 aliphatic rings. The molecule has 20 heavy (non-hydrogen) atoms. The Labute approximate surface area is 118 Å². The zero-order valence-electron chi connectivity index (χ0n) is 11.9. The average molecular weight is 282 g/mol. The van der Waals surface area contributed by atoms with Crippen molar-refractivity contribution in [3.8, 4) is 6.01 Å². The van der Waals surface area contributed by atoms with Gasteiger partial charge in [-0.2, -0.15) is 15.0 Å². The van der Waals surface area contributed by atoms with Gasteiger partial charge in [0, 0.05) is 19.8 Å². The number of hydrogen-bond acceptors (Lipinski definition) is 8. The van der Waals surface area contributed by atoms with Crippen LogP contribution in [0.1, 0.15) is 26.7 Å². The van der Waals surface area contributed by atoms with Gasteiger partial charge in [0.05, 0.1) is 6.10 Å². The number of nitrogens with zero attached hydrogens (tertiary/aromatic N) is 3. The summed E-state index contributed by atoms with van der Waals surface area (Å²) in [6.07, 6.45) is 2.14. The Hall–Kier alpha value is -1.67. The predicted octanol–water partition coefficient (Wildman–Crippen LogP) is 0.783. The van der Waals surface area contributed by atoms with E-state index in [0.29, 0.717) is 11.9 Å². The molecule has 0 aliphatic carbocycles. The molecule has 4 N–H and O–H groups in total. The lowest BCUT2D eigenvalue weighted by Gasteiger charge is -2.12. The summed E-state index contributed by atoms with van der Waals surface area (Å²) in [6, 6.07) is 0.259. The summed E-state index contributed by atoms with van der Waals surface area (Å²) in [5.74, 6) is 6.70. The highest BCUT2D eigenvalue weighted by Gasteiger charge is 2.15. The molecule has 1 aliphatic heterocycles. The third kappa shape index (κ3) is 4.46. The molecule has 0 bridgehead atoms. The minimum absolute atomic E-state index is 0.00786. The number of rotatable bonds is 7. The molecule has 2 rings (SSSR count). The maximum absolute atomic E-state index is 5.46. The fraction of sp³-hybridized carbons (Fsp3) is 0.750. The molecule has 1 saturated heterocycles. The van der Waals surface area contributed by atoms with Crippen molar-refractivity contribution in [2.45, 2.75) is 32.8 Å². The van der Waals surface area contributed by atoms with Crippen LogP contribution >= 0.6 is 0 Å². The quantitative estimate of drug-likeness (QED) is 0.497. The van der Waals surface area contributed by atoms with E-state index in [1.54, 1.807) is 0 Å². The van der Waals surface area contributed by atoms with Gasteiger partial charge in [0.25, 0.3) is 0 Å². The van der Waals surface area contributed by atoms with Crippen molar-refractivity contribution < 1.29 is 9.47 Å². The molecule has 2 heterocycles. The third-order valence-corrected chi connectivity index (χ3v) is 2.94. The largest absolute Gasteiger partial charge is 0.461 e. The van der Waals surface area contributed by atoms with Gasteiger partial charge < -0.3 is 14.8 Å². The fourth-order valence-corrected chi connectivity index (χ4v) is 1.96. The summed E-state index contributed by atoms with van der Waals surface area (Å²) in [5, 5.41) is 3.17. The summed E-state index contributed by atoms with van der Waals surface area (Å²) >= 11 is 0. The molecule has 0 spiro atoms. The van der Waals surface area contributed by atoms with E-state index in [4.69, 9.17) is 15.3 Å². The van der Waals surface area contributed by atoms with Crippen molar-refractivity contribution in [2.24, 2.45) is 11.8 Å². The van der Waals surface area contributed by atoms with Crippen LogP contribution in [0.25, 0.3) is 0 Å². The van der Waals surface area contributed by atoms with Crippen molar-refractivity contribution >= 4 is 11.9 Å². The van der Waals surface area contributed by atoms with E-state index in [0.717, 1.165) is 32.6 Å². The van der Waals surface area contributed by atoms with Crippen LogP contribution in [0.4, 0.5) is 11.9 Å². The summed E-state index contributed by atoms with van der Waals surface area (Å²) < 4.78 is 10.8. The molecule has 8 heteroatoms. The Bertz CT molecular complexity index is 422. The number of ether oxygens (including phenoxy) is 2. The van der Waals surface area contributed by atoms with Gasteiger partial charge in [-0.05, 0) is 32.6 Å². The SMILES string of the molecule is CC(C)Oc1nc(NN)nc(NCCC2CCOC2)n1. The van der Waals surface area contributed by atoms with Crippen LogP contribution in [0.2, 0.25) is 0 Å². The van der Waals surface area contributed by atoms with E-state index in [2.05, 4.69) is 25.7 Å². The smallest absolute Gasteiger partial charge is 0.323 e. The number of anilines is 2. The first kappa shape index (κ1) is 14.7. The summed E-state index contributed by atoms with van der Waals surface area (Å²) in [5.41, 5.74) is 2.41. The van der Waals surface area contributed by atoms with Crippen LogP contribution in [0.15, 0.2) is 0 Å². The Morgan fingerprint density at radius 3 is 2.80 bits per heavy atom. The normalized spacial score (nSPS) is 18.3. The Kier molecular flexibility index (Phi) is 5.31. The van der Waals surface area contributed by atoms with Gasteiger partial charge in [-0.15, -0.1) is 0 Å². The van der Waals surface area contributed by atoms with Crippen LogP contribution in [0.5, 0.6) is 6.01 Å². The molecule has 8 nitrogen and oxygen atoms in total. The van der Waals surface area contributed by atoms with E-state index in [9.17, 15) is 0 Å². The van der Waals surface area contributed by atoms with E-state index in [1.807, 2.05) is 13.8 Å². The zero-order valence-corrected chi connectivity index (χ0v) is 11.9. The first-order valence-corrected chi connectivity index (χ1v) is 6.88. The number of hydrazine groups is 1. The second kappa shape index (κ2) is 7.20. The topological polar surface area (TPSA) is 107 Å². The lowest BCUT2D eigenvalue weighted by molar-refractivity contribution is 0.185. The van der Waals surface area contributed by atoms with Crippen molar-refractivity contribution in [3.05, 3.63) is 0 Å². The Balaban J connectivity index is 1.91. The molecule has 1 unspecified atom stereocenters. The molecule has 112 valence electrons. The van der Waals surface area contributed by atoms with Crippen molar-refractivity contribution in [3.63, 3.8) is 0 Å². The van der Waals surface area contributed by atoms with Gasteiger partial charge in [0.15, 0.2) is 0 Å². The molecule has 0 aromatic carbocycles. The van der Waals surface area contributed by atoms with E-state index >= 15 is 0 Å². The highest BCUT2D eigenvalue weighted by molar-refractivity contribution is 5.34. The van der Waals surface area contributed by atoms with E-state index in [-0.39, 0.29) is 18.1 Å². The van der Waals surface area contributed by atoms with Gasteiger partial charge in [-0.1, -0.05) is 0 Å². The zero-order chi connectivity index (χ0) is 14.4. The maximum Gasteiger partial charge on any atom is 0.323 e. The van der Waals surface area contributed by atoms with E-state index in [1.165, 1.54) is 0 Å². The van der Waals surface area contributed by atoms with Crippen LogP contribution in [0, 0.1) is 5.92 Å². The molecular weight excluding hydrogens is 260 g/mol. The minimum Gasteiger partial charge on any atom is -0.461 e. The molecule has 0 amide bonds.